The van der Waals surface area contributed by atoms with Gasteiger partial charge < -0.3 is 9.84 Å². The molecule has 1 fully saturated rings. The van der Waals surface area contributed by atoms with Gasteiger partial charge in [0.05, 0.1) is 7.11 Å². The zero-order valence-corrected chi connectivity index (χ0v) is 16.9. The highest BCUT2D eigenvalue weighted by molar-refractivity contribution is 5.23. The van der Waals surface area contributed by atoms with Crippen LogP contribution in [0.5, 0.6) is 5.88 Å². The molecule has 5 heteroatoms. The molecule has 0 amide bonds. The number of aryl methyl sites for hydroxylation is 2. The Kier molecular flexibility index (Phi) is 5.82. The minimum absolute atomic E-state index is 0.0636. The van der Waals surface area contributed by atoms with Gasteiger partial charge in [-0.25, -0.2) is 4.98 Å². The van der Waals surface area contributed by atoms with Crippen molar-refractivity contribution in [1.82, 2.24) is 14.9 Å². The number of likely N-dealkylation sites (tertiary alicyclic amines) is 1. The first-order valence-corrected chi connectivity index (χ1v) is 9.66. The predicted molar refractivity (Wildman–Crippen MR) is 107 cm³/mol. The molecule has 1 N–H and O–H groups in total. The second-order valence-electron chi connectivity index (χ2n) is 8.28. The van der Waals surface area contributed by atoms with Crippen LogP contribution in [0.15, 0.2) is 36.7 Å². The molecule has 1 saturated heterocycles. The van der Waals surface area contributed by atoms with Gasteiger partial charge in [0.25, 0.3) is 0 Å². The normalized spacial score (nSPS) is 20.8. The molecule has 1 atom stereocenters. The number of ether oxygens (including phenoxy) is 1. The summed E-state index contributed by atoms with van der Waals surface area (Å²) in [4.78, 5) is 11.1. The number of pyridine rings is 2. The highest BCUT2D eigenvalue weighted by atomic mass is 16.5. The Morgan fingerprint density at radius 2 is 2.07 bits per heavy atom. The second kappa shape index (κ2) is 7.95. The number of nitrogens with zero attached hydrogens (tertiary/aromatic N) is 3. The van der Waals surface area contributed by atoms with Gasteiger partial charge in [0.15, 0.2) is 0 Å². The lowest BCUT2D eigenvalue weighted by Gasteiger charge is -2.37. The van der Waals surface area contributed by atoms with E-state index in [1.165, 1.54) is 11.1 Å². The minimum Gasteiger partial charge on any atom is -0.481 e. The summed E-state index contributed by atoms with van der Waals surface area (Å²) in [5, 5.41) is 10.2. The van der Waals surface area contributed by atoms with E-state index in [9.17, 15) is 5.11 Å². The monoisotopic (exact) mass is 369 g/mol. The molecule has 1 aliphatic rings. The number of hydrogen-bond donors (Lipinski definition) is 1. The van der Waals surface area contributed by atoms with E-state index in [4.69, 9.17) is 4.74 Å². The Balaban J connectivity index is 1.69. The molecular formula is C22H31N3O2. The lowest BCUT2D eigenvalue weighted by Crippen LogP contribution is -2.42. The van der Waals surface area contributed by atoms with E-state index in [0.29, 0.717) is 5.88 Å². The summed E-state index contributed by atoms with van der Waals surface area (Å²) in [6.07, 6.45) is 6.65. The molecular weight excluding hydrogens is 338 g/mol. The van der Waals surface area contributed by atoms with Gasteiger partial charge in [0.2, 0.25) is 5.88 Å². The van der Waals surface area contributed by atoms with Crippen LogP contribution in [-0.2, 0) is 12.0 Å². The van der Waals surface area contributed by atoms with Crippen molar-refractivity contribution in [3.63, 3.8) is 0 Å². The Labute approximate surface area is 162 Å². The van der Waals surface area contributed by atoms with Gasteiger partial charge in [-0.05, 0) is 69.8 Å². The van der Waals surface area contributed by atoms with Crippen molar-refractivity contribution in [1.29, 1.82) is 0 Å². The number of methoxy groups -OCH3 is 1. The predicted octanol–water partition coefficient (Wildman–Crippen LogP) is 3.35. The fraction of sp³-hybridized carbons (Fsp3) is 0.545. The Bertz CT molecular complexity index is 760. The summed E-state index contributed by atoms with van der Waals surface area (Å²) in [5.74, 6) is 0.645. The molecule has 3 rings (SSSR count). The number of aromatic nitrogens is 2. The van der Waals surface area contributed by atoms with Crippen LogP contribution in [0, 0.1) is 12.3 Å². The molecule has 0 saturated carbocycles. The largest absolute Gasteiger partial charge is 0.481 e. The standard InChI is InChI=1S/C22H31N3O2/c1-17-5-6-19(14-24-17)21(2,3)25-12-10-22(15-25,16-26)9-7-18-8-11-23-20(13-18)27-4/h5-6,8,11,13-14,26H,7,9-10,12,15-16H2,1-4H3/t22-/m1/s1. The van der Waals surface area contributed by atoms with E-state index < -0.39 is 0 Å². The summed E-state index contributed by atoms with van der Waals surface area (Å²) in [6.45, 7) is 8.61. The van der Waals surface area contributed by atoms with Gasteiger partial charge in [0, 0.05) is 48.3 Å². The maximum Gasteiger partial charge on any atom is 0.213 e. The molecule has 5 nitrogen and oxygen atoms in total. The van der Waals surface area contributed by atoms with Gasteiger partial charge >= 0.3 is 0 Å². The first-order valence-electron chi connectivity index (χ1n) is 9.66. The second-order valence-corrected chi connectivity index (χ2v) is 8.28. The van der Waals surface area contributed by atoms with Crippen LogP contribution >= 0.6 is 0 Å². The summed E-state index contributed by atoms with van der Waals surface area (Å²) in [7, 11) is 1.64. The molecule has 0 bridgehead atoms. The first kappa shape index (κ1) is 19.8. The van der Waals surface area contributed by atoms with Crippen LogP contribution in [0.3, 0.4) is 0 Å². The molecule has 1 aliphatic heterocycles. The lowest BCUT2D eigenvalue weighted by atomic mass is 9.82. The van der Waals surface area contributed by atoms with Crippen molar-refractivity contribution in [2.24, 2.45) is 5.41 Å². The van der Waals surface area contributed by atoms with Crippen molar-refractivity contribution in [3.8, 4) is 5.88 Å². The average molecular weight is 370 g/mol. The topological polar surface area (TPSA) is 58.5 Å². The molecule has 146 valence electrons. The van der Waals surface area contributed by atoms with Crippen molar-refractivity contribution in [2.45, 2.75) is 45.6 Å². The maximum absolute atomic E-state index is 10.2. The van der Waals surface area contributed by atoms with Gasteiger partial charge in [-0.1, -0.05) is 6.07 Å². The van der Waals surface area contributed by atoms with Crippen molar-refractivity contribution < 1.29 is 9.84 Å². The fourth-order valence-electron chi connectivity index (χ4n) is 3.96. The smallest absolute Gasteiger partial charge is 0.213 e. The third-order valence-corrected chi connectivity index (χ3v) is 6.13. The summed E-state index contributed by atoms with van der Waals surface area (Å²) < 4.78 is 5.22. The van der Waals surface area contributed by atoms with Crippen molar-refractivity contribution in [3.05, 3.63) is 53.5 Å². The zero-order valence-electron chi connectivity index (χ0n) is 16.9. The third kappa shape index (κ3) is 4.30. The highest BCUT2D eigenvalue weighted by Crippen LogP contribution is 2.41. The van der Waals surface area contributed by atoms with Gasteiger partial charge in [-0.15, -0.1) is 0 Å². The minimum atomic E-state index is -0.0997. The number of rotatable bonds is 7. The van der Waals surface area contributed by atoms with Crippen LogP contribution < -0.4 is 4.74 Å². The molecule has 0 spiro atoms. The molecule has 3 heterocycles. The molecule has 27 heavy (non-hydrogen) atoms. The Hall–Kier alpha value is -1.98. The third-order valence-electron chi connectivity index (χ3n) is 6.13. The maximum atomic E-state index is 10.2. The fourth-order valence-corrected chi connectivity index (χ4v) is 3.96. The summed E-state index contributed by atoms with van der Waals surface area (Å²) >= 11 is 0. The van der Waals surface area contributed by atoms with Crippen molar-refractivity contribution >= 4 is 0 Å². The summed E-state index contributed by atoms with van der Waals surface area (Å²) in [6, 6.07) is 8.26. The molecule has 2 aromatic heterocycles. The van der Waals surface area contributed by atoms with Crippen LogP contribution in [-0.4, -0.2) is 46.8 Å². The van der Waals surface area contributed by atoms with Crippen LogP contribution in [0.4, 0.5) is 0 Å². The Morgan fingerprint density at radius 1 is 1.26 bits per heavy atom. The molecule has 2 aromatic rings. The van der Waals surface area contributed by atoms with Gasteiger partial charge in [-0.2, -0.15) is 0 Å². The molecule has 0 aromatic carbocycles. The molecule has 0 unspecified atom stereocenters. The highest BCUT2D eigenvalue weighted by Gasteiger charge is 2.43. The molecule has 0 radical (unpaired) electrons. The molecule has 0 aliphatic carbocycles. The average Bonchev–Trinajstić information content (AvgIpc) is 3.13. The lowest BCUT2D eigenvalue weighted by molar-refractivity contribution is 0.0870. The van der Waals surface area contributed by atoms with E-state index >= 15 is 0 Å². The van der Waals surface area contributed by atoms with Gasteiger partial charge in [0.1, 0.15) is 0 Å². The van der Waals surface area contributed by atoms with E-state index in [-0.39, 0.29) is 17.6 Å². The Morgan fingerprint density at radius 3 is 2.74 bits per heavy atom. The zero-order chi connectivity index (χ0) is 19.5. The summed E-state index contributed by atoms with van der Waals surface area (Å²) in [5.41, 5.74) is 3.30. The number of hydrogen-bond acceptors (Lipinski definition) is 5. The number of aliphatic hydroxyl groups excluding tert-OH is 1. The van der Waals surface area contributed by atoms with Crippen molar-refractivity contribution in [2.75, 3.05) is 26.8 Å². The van der Waals surface area contributed by atoms with E-state index in [1.807, 2.05) is 25.3 Å². The number of aliphatic hydroxyl groups is 1. The van der Waals surface area contributed by atoms with Crippen LogP contribution in [0.2, 0.25) is 0 Å². The SMILES string of the molecule is COc1cc(CC[C@@]2(CO)CCN(C(C)(C)c3ccc(C)nc3)C2)ccn1. The quantitative estimate of drug-likeness (QED) is 0.811. The van der Waals surface area contributed by atoms with Gasteiger partial charge in [-0.3, -0.25) is 9.88 Å². The van der Waals surface area contributed by atoms with E-state index in [2.05, 4.69) is 40.8 Å². The van der Waals surface area contributed by atoms with E-state index in [1.54, 1.807) is 13.3 Å². The first-order chi connectivity index (χ1) is 12.9. The van der Waals surface area contributed by atoms with E-state index in [0.717, 1.165) is 38.0 Å². The van der Waals surface area contributed by atoms with Crippen LogP contribution in [0.25, 0.3) is 0 Å². The van der Waals surface area contributed by atoms with Crippen LogP contribution in [0.1, 0.15) is 43.5 Å².